The van der Waals surface area contributed by atoms with Gasteiger partial charge in [-0.1, -0.05) is 5.16 Å². The molecule has 0 aromatic carbocycles. The molecular weight excluding hydrogens is 260 g/mol. The summed E-state index contributed by atoms with van der Waals surface area (Å²) in [6.07, 6.45) is 1.73. The van der Waals surface area contributed by atoms with E-state index in [9.17, 15) is 0 Å². The number of nitrogens with zero attached hydrogens (tertiary/aromatic N) is 3. The highest BCUT2D eigenvalue weighted by Gasteiger charge is 2.15. The Hall–Kier alpha value is -2.21. The molecule has 0 aliphatic carbocycles. The predicted molar refractivity (Wildman–Crippen MR) is 74.7 cm³/mol. The van der Waals surface area contributed by atoms with E-state index in [0.717, 1.165) is 21.0 Å². The first-order chi connectivity index (χ1) is 9.13. The summed E-state index contributed by atoms with van der Waals surface area (Å²) in [6.45, 7) is 3.97. The smallest absolute Gasteiger partial charge is 0.268 e. The Balaban J connectivity index is 2.02. The van der Waals surface area contributed by atoms with Crippen LogP contribution in [0, 0.1) is 13.8 Å². The van der Waals surface area contributed by atoms with Crippen LogP contribution in [0.5, 0.6) is 0 Å². The molecule has 96 valence electrons. The summed E-state index contributed by atoms with van der Waals surface area (Å²) < 4.78 is 5.29. The Morgan fingerprint density at radius 3 is 2.79 bits per heavy atom. The van der Waals surface area contributed by atoms with Gasteiger partial charge in [-0.2, -0.15) is 4.98 Å². The summed E-state index contributed by atoms with van der Waals surface area (Å²) in [4.78, 5) is 9.53. The predicted octanol–water partition coefficient (Wildman–Crippen LogP) is 3.06. The Bertz CT molecular complexity index is 732. The van der Waals surface area contributed by atoms with Gasteiger partial charge >= 0.3 is 0 Å². The van der Waals surface area contributed by atoms with E-state index in [2.05, 4.69) is 15.1 Å². The second-order valence-corrected chi connectivity index (χ2v) is 5.39. The molecule has 0 aliphatic heterocycles. The zero-order valence-electron chi connectivity index (χ0n) is 10.5. The van der Waals surface area contributed by atoms with Crippen LogP contribution in [0.3, 0.4) is 0 Å². The van der Waals surface area contributed by atoms with Gasteiger partial charge in [0.15, 0.2) is 0 Å². The van der Waals surface area contributed by atoms with Crippen LogP contribution < -0.4 is 5.73 Å². The number of rotatable bonds is 2. The maximum Gasteiger partial charge on any atom is 0.268 e. The second-order valence-electron chi connectivity index (χ2n) is 4.30. The lowest BCUT2D eigenvalue weighted by Gasteiger charge is -1.94. The number of thiophene rings is 1. The molecule has 2 N–H and O–H groups in total. The van der Waals surface area contributed by atoms with E-state index in [1.165, 1.54) is 11.3 Å². The number of nitrogens with two attached hydrogens (primary N) is 1. The summed E-state index contributed by atoms with van der Waals surface area (Å²) in [5.41, 5.74) is 8.62. The van der Waals surface area contributed by atoms with Gasteiger partial charge in [0.1, 0.15) is 5.69 Å². The average Bonchev–Trinajstić information content (AvgIpc) is 2.96. The minimum Gasteiger partial charge on any atom is -0.391 e. The molecule has 3 heterocycles. The maximum atomic E-state index is 5.77. The number of hydrogen-bond donors (Lipinski definition) is 1. The zero-order chi connectivity index (χ0) is 13.4. The van der Waals surface area contributed by atoms with Crippen LogP contribution in [0.1, 0.15) is 11.1 Å². The molecule has 3 aromatic heterocycles. The largest absolute Gasteiger partial charge is 0.391 e. The van der Waals surface area contributed by atoms with Crippen molar-refractivity contribution in [3.63, 3.8) is 0 Å². The fourth-order valence-corrected chi connectivity index (χ4v) is 2.66. The van der Waals surface area contributed by atoms with Gasteiger partial charge in [-0.3, -0.25) is 4.98 Å². The van der Waals surface area contributed by atoms with Gasteiger partial charge in [-0.25, -0.2) is 0 Å². The van der Waals surface area contributed by atoms with Crippen molar-refractivity contribution in [3.05, 3.63) is 35.5 Å². The van der Waals surface area contributed by atoms with Crippen molar-refractivity contribution in [1.29, 1.82) is 0 Å². The van der Waals surface area contributed by atoms with Crippen molar-refractivity contribution in [2.24, 2.45) is 0 Å². The Kier molecular flexibility index (Phi) is 2.79. The van der Waals surface area contributed by atoms with Gasteiger partial charge in [0.2, 0.25) is 5.82 Å². The molecule has 19 heavy (non-hydrogen) atoms. The first kappa shape index (κ1) is 11.9. The number of pyridine rings is 1. The third kappa shape index (κ3) is 2.22. The Labute approximate surface area is 114 Å². The molecule has 0 saturated heterocycles. The lowest BCUT2D eigenvalue weighted by Crippen LogP contribution is -1.86. The summed E-state index contributed by atoms with van der Waals surface area (Å²) in [5.74, 6) is 0.975. The van der Waals surface area contributed by atoms with E-state index in [1.54, 1.807) is 6.20 Å². The second kappa shape index (κ2) is 4.47. The van der Waals surface area contributed by atoms with Crippen LogP contribution in [-0.2, 0) is 0 Å². The maximum absolute atomic E-state index is 5.77. The number of hydrogen-bond acceptors (Lipinski definition) is 6. The van der Waals surface area contributed by atoms with Crippen molar-refractivity contribution in [1.82, 2.24) is 15.1 Å². The highest BCUT2D eigenvalue weighted by molar-refractivity contribution is 7.19. The fraction of sp³-hybridized carbons (Fsp3) is 0.154. The lowest BCUT2D eigenvalue weighted by molar-refractivity contribution is 0.433. The van der Waals surface area contributed by atoms with Gasteiger partial charge in [-0.15, -0.1) is 11.3 Å². The minimum absolute atomic E-state index is 0.484. The third-order valence-electron chi connectivity index (χ3n) is 2.70. The first-order valence-corrected chi connectivity index (χ1v) is 6.58. The standard InChI is InChI=1S/C13H12N4OS/c1-7-3-4-15-9(5-7)12-16-13(18-17-12)11-8(2)6-10(14)19-11/h3-6H,14H2,1-2H3. The van der Waals surface area contributed by atoms with Crippen molar-refractivity contribution in [2.45, 2.75) is 13.8 Å². The summed E-state index contributed by atoms with van der Waals surface area (Å²) in [7, 11) is 0. The molecule has 6 heteroatoms. The molecule has 0 saturated carbocycles. The number of anilines is 1. The van der Waals surface area contributed by atoms with Gasteiger partial charge in [0.25, 0.3) is 5.89 Å². The molecule has 0 fully saturated rings. The number of aryl methyl sites for hydroxylation is 2. The van der Waals surface area contributed by atoms with E-state index in [-0.39, 0.29) is 0 Å². The zero-order valence-corrected chi connectivity index (χ0v) is 11.4. The quantitative estimate of drug-likeness (QED) is 0.775. The third-order valence-corrected chi connectivity index (χ3v) is 3.76. The van der Waals surface area contributed by atoms with Gasteiger partial charge < -0.3 is 10.3 Å². The highest BCUT2D eigenvalue weighted by atomic mass is 32.1. The lowest BCUT2D eigenvalue weighted by atomic mass is 10.2. The van der Waals surface area contributed by atoms with Crippen LogP contribution in [0.15, 0.2) is 28.9 Å². The molecule has 0 radical (unpaired) electrons. The van der Waals surface area contributed by atoms with E-state index in [0.29, 0.717) is 17.4 Å². The van der Waals surface area contributed by atoms with Crippen LogP contribution >= 0.6 is 11.3 Å². The summed E-state index contributed by atoms with van der Waals surface area (Å²) in [6, 6.07) is 5.74. The van der Waals surface area contributed by atoms with E-state index in [4.69, 9.17) is 10.3 Å². The summed E-state index contributed by atoms with van der Waals surface area (Å²) >= 11 is 1.44. The number of nitrogen functional groups attached to an aromatic ring is 1. The number of aromatic nitrogens is 3. The van der Waals surface area contributed by atoms with Crippen LogP contribution in [0.25, 0.3) is 22.3 Å². The van der Waals surface area contributed by atoms with Crippen molar-refractivity contribution < 1.29 is 4.52 Å². The topological polar surface area (TPSA) is 77.8 Å². The van der Waals surface area contributed by atoms with Gasteiger partial charge in [0.05, 0.1) is 9.88 Å². The molecular formula is C13H12N4OS. The van der Waals surface area contributed by atoms with E-state index >= 15 is 0 Å². The Morgan fingerprint density at radius 1 is 1.26 bits per heavy atom. The molecule has 0 amide bonds. The minimum atomic E-state index is 0.484. The molecule has 0 unspecified atom stereocenters. The summed E-state index contributed by atoms with van der Waals surface area (Å²) in [5, 5.41) is 4.71. The van der Waals surface area contributed by atoms with Crippen molar-refractivity contribution in [2.75, 3.05) is 5.73 Å². The molecule has 0 aliphatic rings. The van der Waals surface area contributed by atoms with Gasteiger partial charge in [-0.05, 0) is 43.2 Å². The monoisotopic (exact) mass is 272 g/mol. The molecule has 5 nitrogen and oxygen atoms in total. The van der Waals surface area contributed by atoms with Crippen LogP contribution in [-0.4, -0.2) is 15.1 Å². The molecule has 0 bridgehead atoms. The molecule has 0 atom stereocenters. The first-order valence-electron chi connectivity index (χ1n) is 5.76. The highest BCUT2D eigenvalue weighted by Crippen LogP contribution is 2.33. The molecule has 0 spiro atoms. The van der Waals surface area contributed by atoms with Crippen molar-refractivity contribution in [3.8, 4) is 22.3 Å². The fourth-order valence-electron chi connectivity index (χ4n) is 1.80. The van der Waals surface area contributed by atoms with Gasteiger partial charge in [0, 0.05) is 6.20 Å². The normalized spacial score (nSPS) is 10.8. The van der Waals surface area contributed by atoms with Crippen LogP contribution in [0.2, 0.25) is 0 Å². The molecule has 3 aromatic rings. The Morgan fingerprint density at radius 2 is 2.11 bits per heavy atom. The SMILES string of the molecule is Cc1ccnc(-c2noc(-c3sc(N)cc3C)n2)c1. The molecule has 3 rings (SSSR count). The van der Waals surface area contributed by atoms with E-state index < -0.39 is 0 Å². The van der Waals surface area contributed by atoms with Crippen molar-refractivity contribution >= 4 is 16.3 Å². The van der Waals surface area contributed by atoms with Crippen LogP contribution in [0.4, 0.5) is 5.00 Å². The van der Waals surface area contributed by atoms with E-state index in [1.807, 2.05) is 32.0 Å². The average molecular weight is 272 g/mol.